The van der Waals surface area contributed by atoms with Crippen LogP contribution in [0.3, 0.4) is 0 Å². The fourth-order valence-electron chi connectivity index (χ4n) is 1.20. The van der Waals surface area contributed by atoms with Crippen LogP contribution in [0.15, 0.2) is 29.0 Å². The molecule has 2 heterocycles. The number of aromatic nitrogens is 2. The summed E-state index contributed by atoms with van der Waals surface area (Å²) in [6.07, 6.45) is 2.74. The van der Waals surface area contributed by atoms with Crippen LogP contribution in [-0.2, 0) is 0 Å². The van der Waals surface area contributed by atoms with Gasteiger partial charge < -0.3 is 9.63 Å². The Balaban J connectivity index is 2.49. The number of carboxylic acids is 1. The summed E-state index contributed by atoms with van der Waals surface area (Å²) >= 11 is 0. The number of pyridine rings is 1. The van der Waals surface area contributed by atoms with Gasteiger partial charge in [-0.3, -0.25) is 4.98 Å². The largest absolute Gasteiger partial charge is 0.477 e. The molecule has 0 unspecified atom stereocenters. The average Bonchev–Trinajstić information content (AvgIpc) is 2.67. The van der Waals surface area contributed by atoms with E-state index in [-0.39, 0.29) is 11.3 Å². The molecule has 0 aliphatic rings. The Kier molecular flexibility index (Phi) is 2.21. The summed E-state index contributed by atoms with van der Waals surface area (Å²) in [5, 5.41) is 12.3. The molecule has 76 valence electrons. The molecule has 0 aliphatic heterocycles. The van der Waals surface area contributed by atoms with Crippen molar-refractivity contribution >= 4 is 5.97 Å². The molecule has 1 N–H and O–H groups in total. The number of rotatable bonds is 2. The Morgan fingerprint density at radius 1 is 1.40 bits per heavy atom. The van der Waals surface area contributed by atoms with E-state index in [4.69, 9.17) is 9.63 Å². The number of carbonyl (C=O) groups is 1. The first kappa shape index (κ1) is 9.39. The summed E-state index contributed by atoms with van der Waals surface area (Å²) in [5.41, 5.74) is 1.51. The second kappa shape index (κ2) is 3.53. The fourth-order valence-corrected chi connectivity index (χ4v) is 1.20. The van der Waals surface area contributed by atoms with Gasteiger partial charge in [-0.25, -0.2) is 4.79 Å². The molecule has 0 bridgehead atoms. The molecule has 2 rings (SSSR count). The van der Waals surface area contributed by atoms with E-state index in [1.807, 2.05) is 6.92 Å². The molecule has 2 aromatic heterocycles. The van der Waals surface area contributed by atoms with Crippen molar-refractivity contribution < 1.29 is 14.4 Å². The predicted octanol–water partition coefficient (Wildman–Crippen LogP) is 1.74. The van der Waals surface area contributed by atoms with Crippen molar-refractivity contribution in [2.75, 3.05) is 0 Å². The molecule has 5 heteroatoms. The molecule has 2 aromatic rings. The molecule has 15 heavy (non-hydrogen) atoms. The van der Waals surface area contributed by atoms with Crippen molar-refractivity contribution in [1.29, 1.82) is 0 Å². The maximum Gasteiger partial charge on any atom is 0.341 e. The van der Waals surface area contributed by atoms with Gasteiger partial charge in [0.05, 0.1) is 6.20 Å². The highest BCUT2D eigenvalue weighted by Gasteiger charge is 2.16. The first-order valence-electron chi connectivity index (χ1n) is 4.29. The van der Waals surface area contributed by atoms with E-state index in [9.17, 15) is 4.79 Å². The lowest BCUT2D eigenvalue weighted by molar-refractivity contribution is 0.0697. The van der Waals surface area contributed by atoms with Gasteiger partial charge in [0.1, 0.15) is 5.56 Å². The van der Waals surface area contributed by atoms with Crippen molar-refractivity contribution in [3.63, 3.8) is 0 Å². The van der Waals surface area contributed by atoms with Gasteiger partial charge in [-0.05, 0) is 19.1 Å². The van der Waals surface area contributed by atoms with Crippen LogP contribution in [0.25, 0.3) is 11.3 Å². The van der Waals surface area contributed by atoms with Crippen molar-refractivity contribution in [2.24, 2.45) is 0 Å². The van der Waals surface area contributed by atoms with E-state index in [0.29, 0.717) is 5.56 Å². The molecule has 0 spiro atoms. The third-order valence-corrected chi connectivity index (χ3v) is 1.97. The number of hydrogen-bond donors (Lipinski definition) is 1. The van der Waals surface area contributed by atoms with Crippen molar-refractivity contribution in [1.82, 2.24) is 10.1 Å². The smallest absolute Gasteiger partial charge is 0.341 e. The van der Waals surface area contributed by atoms with Crippen LogP contribution < -0.4 is 0 Å². The predicted molar refractivity (Wildman–Crippen MR) is 51.4 cm³/mol. The normalized spacial score (nSPS) is 10.2. The molecule has 0 saturated heterocycles. The summed E-state index contributed by atoms with van der Waals surface area (Å²) in [6.45, 7) is 1.85. The lowest BCUT2D eigenvalue weighted by Gasteiger charge is -1.97. The minimum Gasteiger partial charge on any atom is -0.477 e. The molecular formula is C10H8N2O3. The standard InChI is InChI=1S/C10H8N2O3/c1-6-2-3-7(4-11-6)9-8(10(13)14)5-12-15-9/h2-5H,1H3,(H,13,14). The first-order chi connectivity index (χ1) is 7.18. The van der Waals surface area contributed by atoms with Crippen molar-refractivity contribution in [3.8, 4) is 11.3 Å². The van der Waals surface area contributed by atoms with E-state index >= 15 is 0 Å². The van der Waals surface area contributed by atoms with Crippen LogP contribution >= 0.6 is 0 Å². The van der Waals surface area contributed by atoms with Gasteiger partial charge in [0.15, 0.2) is 5.76 Å². The van der Waals surface area contributed by atoms with Crippen LogP contribution in [-0.4, -0.2) is 21.2 Å². The topological polar surface area (TPSA) is 76.2 Å². The van der Waals surface area contributed by atoms with Gasteiger partial charge in [-0.2, -0.15) is 0 Å². The monoisotopic (exact) mass is 204 g/mol. The zero-order valence-corrected chi connectivity index (χ0v) is 7.97. The van der Waals surface area contributed by atoms with Crippen LogP contribution in [0.1, 0.15) is 16.1 Å². The Bertz CT molecular complexity index is 488. The van der Waals surface area contributed by atoms with E-state index in [0.717, 1.165) is 5.69 Å². The molecule has 0 fully saturated rings. The number of hydrogen-bond acceptors (Lipinski definition) is 4. The highest BCUT2D eigenvalue weighted by atomic mass is 16.5. The third kappa shape index (κ3) is 1.71. The van der Waals surface area contributed by atoms with Crippen molar-refractivity contribution in [3.05, 3.63) is 35.8 Å². The maximum absolute atomic E-state index is 10.8. The van der Waals surface area contributed by atoms with Crippen molar-refractivity contribution in [2.45, 2.75) is 6.92 Å². The molecule has 0 aliphatic carbocycles. The van der Waals surface area contributed by atoms with Crippen LogP contribution in [0.4, 0.5) is 0 Å². The zero-order valence-electron chi connectivity index (χ0n) is 7.97. The Labute approximate surface area is 85.4 Å². The Hall–Kier alpha value is -2.17. The summed E-state index contributed by atoms with van der Waals surface area (Å²) in [4.78, 5) is 14.9. The van der Waals surface area contributed by atoms with Gasteiger partial charge in [-0.15, -0.1) is 0 Å². The molecule has 0 amide bonds. The van der Waals surface area contributed by atoms with E-state index in [2.05, 4.69) is 10.1 Å². The van der Waals surface area contributed by atoms with Gasteiger partial charge in [-0.1, -0.05) is 5.16 Å². The third-order valence-electron chi connectivity index (χ3n) is 1.97. The Morgan fingerprint density at radius 2 is 2.20 bits per heavy atom. The van der Waals surface area contributed by atoms with Gasteiger partial charge in [0.25, 0.3) is 0 Å². The average molecular weight is 204 g/mol. The lowest BCUT2D eigenvalue weighted by atomic mass is 10.1. The van der Waals surface area contributed by atoms with Crippen LogP contribution in [0.2, 0.25) is 0 Å². The minimum atomic E-state index is -1.06. The number of nitrogens with zero attached hydrogens (tertiary/aromatic N) is 2. The van der Waals surface area contributed by atoms with Crippen LogP contribution in [0, 0.1) is 6.92 Å². The summed E-state index contributed by atoms with van der Waals surface area (Å²) in [5.74, 6) is -0.832. The highest BCUT2D eigenvalue weighted by Crippen LogP contribution is 2.22. The fraction of sp³-hybridized carbons (Fsp3) is 0.100. The second-order valence-corrected chi connectivity index (χ2v) is 3.06. The van der Waals surface area contributed by atoms with Gasteiger partial charge >= 0.3 is 5.97 Å². The van der Waals surface area contributed by atoms with E-state index < -0.39 is 5.97 Å². The summed E-state index contributed by atoms with van der Waals surface area (Å²) < 4.78 is 4.88. The molecule has 0 aromatic carbocycles. The highest BCUT2D eigenvalue weighted by molar-refractivity contribution is 5.93. The molecule has 5 nitrogen and oxygen atoms in total. The summed E-state index contributed by atoms with van der Waals surface area (Å²) in [6, 6.07) is 3.53. The van der Waals surface area contributed by atoms with Gasteiger partial charge in [0, 0.05) is 17.5 Å². The molecule has 0 radical (unpaired) electrons. The van der Waals surface area contributed by atoms with E-state index in [1.54, 1.807) is 18.3 Å². The van der Waals surface area contributed by atoms with Crippen LogP contribution in [0.5, 0.6) is 0 Å². The number of aryl methyl sites for hydroxylation is 1. The minimum absolute atomic E-state index is 0.0423. The Morgan fingerprint density at radius 3 is 2.80 bits per heavy atom. The molecular weight excluding hydrogens is 196 g/mol. The van der Waals surface area contributed by atoms with Gasteiger partial charge in [0.2, 0.25) is 0 Å². The quantitative estimate of drug-likeness (QED) is 0.806. The first-order valence-corrected chi connectivity index (χ1v) is 4.29. The maximum atomic E-state index is 10.8. The number of carboxylic acid groups (broad SMARTS) is 1. The summed E-state index contributed by atoms with van der Waals surface area (Å²) in [7, 11) is 0. The van der Waals surface area contributed by atoms with E-state index in [1.165, 1.54) is 6.20 Å². The number of aromatic carboxylic acids is 1. The zero-order chi connectivity index (χ0) is 10.8. The molecule has 0 atom stereocenters. The SMILES string of the molecule is Cc1ccc(-c2oncc2C(=O)O)cn1. The lowest BCUT2D eigenvalue weighted by Crippen LogP contribution is -1.96. The molecule has 0 saturated carbocycles. The second-order valence-electron chi connectivity index (χ2n) is 3.06.